The van der Waals surface area contributed by atoms with Gasteiger partial charge >= 0.3 is 0 Å². The number of rotatable bonds is 2. The van der Waals surface area contributed by atoms with Crippen LogP contribution in [0.25, 0.3) is 0 Å². The highest BCUT2D eigenvalue weighted by atomic mass is 15.1. The van der Waals surface area contributed by atoms with Gasteiger partial charge in [0.2, 0.25) is 0 Å². The van der Waals surface area contributed by atoms with Crippen molar-refractivity contribution in [3.63, 3.8) is 0 Å². The maximum absolute atomic E-state index is 5.86. The predicted octanol–water partition coefficient (Wildman–Crippen LogP) is 2.60. The molecule has 1 saturated carbocycles. The van der Waals surface area contributed by atoms with Gasteiger partial charge in [-0.15, -0.1) is 0 Å². The van der Waals surface area contributed by atoms with Gasteiger partial charge in [-0.25, -0.2) is 4.98 Å². The van der Waals surface area contributed by atoms with Crippen LogP contribution in [0.3, 0.4) is 0 Å². The molecule has 15 heavy (non-hydrogen) atoms. The normalized spacial score (nSPS) is 26.8. The van der Waals surface area contributed by atoms with E-state index in [0.29, 0.717) is 5.95 Å². The van der Waals surface area contributed by atoms with E-state index in [9.17, 15) is 0 Å². The van der Waals surface area contributed by atoms with E-state index in [1.807, 2.05) is 6.92 Å². The highest BCUT2D eigenvalue weighted by Gasteiger charge is 2.22. The zero-order valence-electron chi connectivity index (χ0n) is 9.74. The minimum absolute atomic E-state index is 0.672. The molecule has 1 aromatic heterocycles. The summed E-state index contributed by atoms with van der Waals surface area (Å²) in [7, 11) is 0. The Bertz CT molecular complexity index is 330. The molecule has 0 radical (unpaired) electrons. The van der Waals surface area contributed by atoms with Crippen LogP contribution < -0.4 is 5.73 Å². The molecular formula is C12H21N3. The molecule has 1 heterocycles. The first kappa shape index (κ1) is 10.5. The van der Waals surface area contributed by atoms with E-state index in [2.05, 4.69) is 22.7 Å². The first-order valence-electron chi connectivity index (χ1n) is 5.96. The molecule has 1 aliphatic carbocycles. The molecule has 0 aliphatic heterocycles. The summed E-state index contributed by atoms with van der Waals surface area (Å²) >= 11 is 0. The highest BCUT2D eigenvalue weighted by molar-refractivity contribution is 5.21. The van der Waals surface area contributed by atoms with E-state index < -0.39 is 0 Å². The smallest absolute Gasteiger partial charge is 0.200 e. The van der Waals surface area contributed by atoms with Crippen molar-refractivity contribution in [1.29, 1.82) is 0 Å². The molecule has 0 spiro atoms. The SMILES string of the molecule is Cc1cn(CC2CCCCC2C)c(N)n1. The van der Waals surface area contributed by atoms with Crippen LogP contribution in [0.4, 0.5) is 5.95 Å². The number of hydrogen-bond acceptors (Lipinski definition) is 2. The Balaban J connectivity index is 2.04. The van der Waals surface area contributed by atoms with Crippen LogP contribution in [0.15, 0.2) is 6.20 Å². The van der Waals surface area contributed by atoms with Gasteiger partial charge in [0.15, 0.2) is 5.95 Å². The largest absolute Gasteiger partial charge is 0.369 e. The zero-order chi connectivity index (χ0) is 10.8. The van der Waals surface area contributed by atoms with E-state index in [0.717, 1.165) is 24.1 Å². The second kappa shape index (κ2) is 4.25. The van der Waals surface area contributed by atoms with E-state index >= 15 is 0 Å². The van der Waals surface area contributed by atoms with Crippen molar-refractivity contribution in [3.8, 4) is 0 Å². The minimum atomic E-state index is 0.672. The molecule has 3 nitrogen and oxygen atoms in total. The summed E-state index contributed by atoms with van der Waals surface area (Å²) in [4.78, 5) is 4.24. The molecule has 84 valence electrons. The summed E-state index contributed by atoms with van der Waals surface area (Å²) < 4.78 is 2.11. The van der Waals surface area contributed by atoms with Gasteiger partial charge in [0.1, 0.15) is 0 Å². The molecule has 1 fully saturated rings. The molecule has 1 aromatic rings. The predicted molar refractivity (Wildman–Crippen MR) is 62.5 cm³/mol. The molecular weight excluding hydrogens is 186 g/mol. The van der Waals surface area contributed by atoms with E-state index in [1.165, 1.54) is 25.7 Å². The fraction of sp³-hybridized carbons (Fsp3) is 0.750. The highest BCUT2D eigenvalue weighted by Crippen LogP contribution is 2.31. The minimum Gasteiger partial charge on any atom is -0.369 e. The summed E-state index contributed by atoms with van der Waals surface area (Å²) in [5.74, 6) is 2.29. The van der Waals surface area contributed by atoms with Gasteiger partial charge in [-0.05, 0) is 25.2 Å². The summed E-state index contributed by atoms with van der Waals surface area (Å²) in [5.41, 5.74) is 6.88. The van der Waals surface area contributed by atoms with Gasteiger partial charge in [-0.3, -0.25) is 0 Å². The average Bonchev–Trinajstić information content (AvgIpc) is 2.49. The van der Waals surface area contributed by atoms with Crippen molar-refractivity contribution in [2.75, 3.05) is 5.73 Å². The van der Waals surface area contributed by atoms with Crippen molar-refractivity contribution in [3.05, 3.63) is 11.9 Å². The van der Waals surface area contributed by atoms with Crippen molar-refractivity contribution in [2.45, 2.75) is 46.1 Å². The van der Waals surface area contributed by atoms with Gasteiger partial charge in [0.05, 0.1) is 5.69 Å². The molecule has 1 aliphatic rings. The Hall–Kier alpha value is -0.990. The monoisotopic (exact) mass is 207 g/mol. The molecule has 2 atom stereocenters. The lowest BCUT2D eigenvalue weighted by molar-refractivity contribution is 0.229. The first-order chi connectivity index (χ1) is 7.16. The summed E-state index contributed by atoms with van der Waals surface area (Å²) in [6.45, 7) is 5.41. The van der Waals surface area contributed by atoms with Crippen LogP contribution >= 0.6 is 0 Å². The van der Waals surface area contributed by atoms with Crippen molar-refractivity contribution >= 4 is 5.95 Å². The molecule has 2 unspecified atom stereocenters. The fourth-order valence-electron chi connectivity index (χ4n) is 2.63. The Kier molecular flexibility index (Phi) is 2.98. The average molecular weight is 207 g/mol. The molecule has 0 aromatic carbocycles. The number of aromatic nitrogens is 2. The van der Waals surface area contributed by atoms with Crippen LogP contribution in [-0.2, 0) is 6.54 Å². The number of hydrogen-bond donors (Lipinski definition) is 1. The third-order valence-corrected chi connectivity index (χ3v) is 3.65. The second-order valence-corrected chi connectivity index (χ2v) is 4.91. The Morgan fingerprint density at radius 3 is 2.80 bits per heavy atom. The maximum Gasteiger partial charge on any atom is 0.200 e. The van der Waals surface area contributed by atoms with Crippen LogP contribution in [0.1, 0.15) is 38.3 Å². The van der Waals surface area contributed by atoms with Crippen LogP contribution in [0, 0.1) is 18.8 Å². The summed E-state index contributed by atoms with van der Waals surface area (Å²) in [5, 5.41) is 0. The molecule has 2 rings (SSSR count). The Morgan fingerprint density at radius 1 is 1.47 bits per heavy atom. The lowest BCUT2D eigenvalue weighted by Crippen LogP contribution is -2.22. The maximum atomic E-state index is 5.86. The van der Waals surface area contributed by atoms with Crippen molar-refractivity contribution in [1.82, 2.24) is 9.55 Å². The third-order valence-electron chi connectivity index (χ3n) is 3.65. The Labute approximate surface area is 91.7 Å². The summed E-state index contributed by atoms with van der Waals surface area (Å²) in [6, 6.07) is 0. The summed E-state index contributed by atoms with van der Waals surface area (Å²) in [6.07, 6.45) is 7.56. The zero-order valence-corrected chi connectivity index (χ0v) is 9.74. The Morgan fingerprint density at radius 2 is 2.20 bits per heavy atom. The molecule has 3 heteroatoms. The quantitative estimate of drug-likeness (QED) is 0.810. The number of nitrogens with two attached hydrogens (primary N) is 1. The third kappa shape index (κ3) is 2.33. The van der Waals surface area contributed by atoms with E-state index in [1.54, 1.807) is 0 Å². The van der Waals surface area contributed by atoms with Crippen molar-refractivity contribution in [2.24, 2.45) is 11.8 Å². The standard InChI is InChI=1S/C12H21N3/c1-9-5-3-4-6-11(9)8-15-7-10(2)14-12(15)13/h7,9,11H,3-6,8H2,1-2H3,(H2,13,14). The molecule has 0 saturated heterocycles. The van der Waals surface area contributed by atoms with Gasteiger partial charge in [-0.1, -0.05) is 26.2 Å². The number of aryl methyl sites for hydroxylation is 1. The van der Waals surface area contributed by atoms with Gasteiger partial charge in [0, 0.05) is 12.7 Å². The first-order valence-corrected chi connectivity index (χ1v) is 5.96. The lowest BCUT2D eigenvalue weighted by Gasteiger charge is -2.29. The van der Waals surface area contributed by atoms with Crippen LogP contribution in [0.5, 0.6) is 0 Å². The van der Waals surface area contributed by atoms with Gasteiger partial charge in [0.25, 0.3) is 0 Å². The number of imidazole rings is 1. The lowest BCUT2D eigenvalue weighted by atomic mass is 9.80. The fourth-order valence-corrected chi connectivity index (χ4v) is 2.63. The van der Waals surface area contributed by atoms with Crippen LogP contribution in [0.2, 0.25) is 0 Å². The van der Waals surface area contributed by atoms with Gasteiger partial charge in [-0.2, -0.15) is 0 Å². The van der Waals surface area contributed by atoms with Crippen molar-refractivity contribution < 1.29 is 0 Å². The molecule has 0 amide bonds. The van der Waals surface area contributed by atoms with Gasteiger partial charge < -0.3 is 10.3 Å². The topological polar surface area (TPSA) is 43.8 Å². The van der Waals surface area contributed by atoms with E-state index in [4.69, 9.17) is 5.73 Å². The second-order valence-electron chi connectivity index (χ2n) is 4.91. The molecule has 0 bridgehead atoms. The number of nitrogens with zero attached hydrogens (tertiary/aromatic N) is 2. The number of anilines is 1. The molecule has 2 N–H and O–H groups in total. The van der Waals surface area contributed by atoms with E-state index in [-0.39, 0.29) is 0 Å². The number of nitrogen functional groups attached to an aromatic ring is 1. The van der Waals surface area contributed by atoms with Crippen LogP contribution in [-0.4, -0.2) is 9.55 Å².